The molecule has 2 aromatic heterocycles. The zero-order chi connectivity index (χ0) is 24.2. The number of alkyl carbamates (subject to hydrolysis) is 1. The van der Waals surface area contributed by atoms with Crippen molar-refractivity contribution in [3.63, 3.8) is 0 Å². The summed E-state index contributed by atoms with van der Waals surface area (Å²) in [5.41, 5.74) is 2.28. The monoisotopic (exact) mass is 494 g/mol. The fourth-order valence-corrected chi connectivity index (χ4v) is 4.44. The van der Waals surface area contributed by atoms with Gasteiger partial charge in [0.05, 0.1) is 11.4 Å². The first-order chi connectivity index (χ1) is 17.0. The van der Waals surface area contributed by atoms with Gasteiger partial charge in [0, 0.05) is 17.9 Å². The fraction of sp³-hybridized carbons (Fsp3) is 0.280. The number of anilines is 2. The zero-order valence-corrected chi connectivity index (χ0v) is 19.6. The number of nitrogens with one attached hydrogen (secondary N) is 2. The van der Waals surface area contributed by atoms with Crippen LogP contribution >= 0.6 is 11.6 Å². The van der Waals surface area contributed by atoms with Crippen LogP contribution < -0.4 is 10.6 Å². The zero-order valence-electron chi connectivity index (χ0n) is 18.8. The van der Waals surface area contributed by atoms with Crippen LogP contribution in [0.15, 0.2) is 60.8 Å². The molecule has 10 heteroatoms. The summed E-state index contributed by atoms with van der Waals surface area (Å²) >= 11 is 6.08. The molecular formula is C25H24ClFN6O2. The van der Waals surface area contributed by atoms with E-state index in [-0.39, 0.29) is 29.8 Å². The van der Waals surface area contributed by atoms with Crippen molar-refractivity contribution in [3.05, 3.63) is 77.5 Å². The predicted molar refractivity (Wildman–Crippen MR) is 131 cm³/mol. The maximum Gasteiger partial charge on any atom is 0.407 e. The number of amides is 1. The predicted octanol–water partition coefficient (Wildman–Crippen LogP) is 5.77. The lowest BCUT2D eigenvalue weighted by atomic mass is 9.91. The third-order valence-corrected chi connectivity index (χ3v) is 6.29. The molecule has 35 heavy (non-hydrogen) atoms. The Morgan fingerprint density at radius 2 is 1.83 bits per heavy atom. The Kier molecular flexibility index (Phi) is 6.76. The van der Waals surface area contributed by atoms with Crippen LogP contribution in [0.3, 0.4) is 0 Å². The number of carbonyl (C=O) groups excluding carboxylic acids is 1. The van der Waals surface area contributed by atoms with Crippen LogP contribution in [-0.2, 0) is 11.3 Å². The van der Waals surface area contributed by atoms with Crippen molar-refractivity contribution >= 4 is 40.2 Å². The maximum atomic E-state index is 13.3. The van der Waals surface area contributed by atoms with Crippen LogP contribution in [0, 0.1) is 5.82 Å². The molecule has 4 aromatic rings. The number of benzene rings is 2. The molecule has 180 valence electrons. The van der Waals surface area contributed by atoms with Gasteiger partial charge in [-0.3, -0.25) is 0 Å². The highest BCUT2D eigenvalue weighted by Crippen LogP contribution is 2.34. The SMILES string of the molecule is O=C(NC1CCC(n2nc(Nc3ccc(F)cc3)c3cnc(Cl)nc32)CC1)OCc1ccccc1. The summed E-state index contributed by atoms with van der Waals surface area (Å²) in [6.07, 6.45) is 4.40. The van der Waals surface area contributed by atoms with Gasteiger partial charge in [0.25, 0.3) is 0 Å². The topological polar surface area (TPSA) is 94.0 Å². The van der Waals surface area contributed by atoms with Gasteiger partial charge >= 0.3 is 6.09 Å². The van der Waals surface area contributed by atoms with Gasteiger partial charge in [-0.05, 0) is 67.1 Å². The Morgan fingerprint density at radius 3 is 2.57 bits per heavy atom. The molecule has 0 spiro atoms. The lowest BCUT2D eigenvalue weighted by molar-refractivity contribution is 0.131. The van der Waals surface area contributed by atoms with Crippen molar-refractivity contribution in [2.45, 2.75) is 44.4 Å². The lowest BCUT2D eigenvalue weighted by Crippen LogP contribution is -2.38. The molecule has 0 atom stereocenters. The number of halogens is 2. The van der Waals surface area contributed by atoms with E-state index >= 15 is 0 Å². The van der Waals surface area contributed by atoms with E-state index in [1.807, 2.05) is 35.0 Å². The van der Waals surface area contributed by atoms with Crippen LogP contribution in [-0.4, -0.2) is 31.9 Å². The van der Waals surface area contributed by atoms with E-state index in [0.717, 1.165) is 36.6 Å². The lowest BCUT2D eigenvalue weighted by Gasteiger charge is -2.29. The van der Waals surface area contributed by atoms with Crippen molar-refractivity contribution in [3.8, 4) is 0 Å². The van der Waals surface area contributed by atoms with Gasteiger partial charge in [0.1, 0.15) is 12.4 Å². The number of aromatic nitrogens is 4. The minimum atomic E-state index is -0.410. The molecule has 0 unspecified atom stereocenters. The van der Waals surface area contributed by atoms with Gasteiger partial charge in [-0.2, -0.15) is 10.1 Å². The normalized spacial score (nSPS) is 17.8. The average Bonchev–Trinajstić information content (AvgIpc) is 3.22. The summed E-state index contributed by atoms with van der Waals surface area (Å²) in [5, 5.41) is 11.8. The van der Waals surface area contributed by atoms with Gasteiger partial charge in [-0.15, -0.1) is 0 Å². The van der Waals surface area contributed by atoms with Crippen LogP contribution in [0.1, 0.15) is 37.3 Å². The number of fused-ring (bicyclic) bond motifs is 1. The largest absolute Gasteiger partial charge is 0.445 e. The second kappa shape index (κ2) is 10.3. The van der Waals surface area contributed by atoms with Crippen molar-refractivity contribution in [1.82, 2.24) is 25.1 Å². The summed E-state index contributed by atoms with van der Waals surface area (Å²) in [4.78, 5) is 20.8. The molecule has 0 aliphatic heterocycles. The molecule has 2 heterocycles. The molecule has 1 fully saturated rings. The molecule has 5 rings (SSSR count). The maximum absolute atomic E-state index is 13.3. The average molecular weight is 495 g/mol. The third kappa shape index (κ3) is 5.51. The minimum Gasteiger partial charge on any atom is -0.445 e. The van der Waals surface area contributed by atoms with Crippen LogP contribution in [0.4, 0.5) is 20.7 Å². The van der Waals surface area contributed by atoms with Crippen molar-refractivity contribution in [1.29, 1.82) is 0 Å². The first-order valence-corrected chi connectivity index (χ1v) is 11.8. The molecule has 1 saturated carbocycles. The van der Waals surface area contributed by atoms with E-state index in [1.165, 1.54) is 12.1 Å². The summed E-state index contributed by atoms with van der Waals surface area (Å²) in [5.74, 6) is 0.267. The highest BCUT2D eigenvalue weighted by atomic mass is 35.5. The number of nitrogens with zero attached hydrogens (tertiary/aromatic N) is 4. The highest BCUT2D eigenvalue weighted by Gasteiger charge is 2.27. The van der Waals surface area contributed by atoms with E-state index in [0.29, 0.717) is 17.2 Å². The second-order valence-electron chi connectivity index (χ2n) is 8.51. The quantitative estimate of drug-likeness (QED) is 0.330. The van der Waals surface area contributed by atoms with Crippen LogP contribution in [0.5, 0.6) is 0 Å². The number of ether oxygens (including phenoxy) is 1. The summed E-state index contributed by atoms with van der Waals surface area (Å²) in [6.45, 7) is 0.242. The Balaban J connectivity index is 1.24. The Morgan fingerprint density at radius 1 is 1.09 bits per heavy atom. The fourth-order valence-electron chi connectivity index (χ4n) is 4.32. The van der Waals surface area contributed by atoms with E-state index in [2.05, 4.69) is 20.6 Å². The van der Waals surface area contributed by atoms with Crippen LogP contribution in [0.2, 0.25) is 5.28 Å². The molecule has 0 saturated heterocycles. The standard InChI is InChI=1S/C25H24ClFN6O2/c26-24-28-14-21-22(29-18-8-6-17(27)7-9-18)32-33(23(21)31-24)20-12-10-19(11-13-20)30-25(34)35-15-16-4-2-1-3-5-16/h1-9,14,19-20H,10-13,15H2,(H,29,32)(H,30,34). The minimum absolute atomic E-state index is 0.0337. The van der Waals surface area contributed by atoms with E-state index in [9.17, 15) is 9.18 Å². The van der Waals surface area contributed by atoms with E-state index in [4.69, 9.17) is 21.4 Å². The Hall–Kier alpha value is -3.72. The molecule has 0 bridgehead atoms. The van der Waals surface area contributed by atoms with Gasteiger partial charge < -0.3 is 15.4 Å². The van der Waals surface area contributed by atoms with E-state index < -0.39 is 6.09 Å². The smallest absolute Gasteiger partial charge is 0.407 e. The molecular weight excluding hydrogens is 471 g/mol. The Bertz CT molecular complexity index is 1310. The summed E-state index contributed by atoms with van der Waals surface area (Å²) in [6, 6.07) is 15.8. The summed E-state index contributed by atoms with van der Waals surface area (Å²) < 4.78 is 20.5. The van der Waals surface area contributed by atoms with Crippen molar-refractivity contribution < 1.29 is 13.9 Å². The molecule has 0 radical (unpaired) electrons. The van der Waals surface area contributed by atoms with Gasteiger partial charge in [-0.1, -0.05) is 30.3 Å². The first-order valence-electron chi connectivity index (χ1n) is 11.5. The highest BCUT2D eigenvalue weighted by molar-refractivity contribution is 6.28. The molecule has 2 N–H and O–H groups in total. The second-order valence-corrected chi connectivity index (χ2v) is 8.85. The van der Waals surface area contributed by atoms with Gasteiger partial charge in [-0.25, -0.2) is 18.9 Å². The molecule has 8 nitrogen and oxygen atoms in total. The summed E-state index contributed by atoms with van der Waals surface area (Å²) in [7, 11) is 0. The molecule has 1 aliphatic rings. The third-order valence-electron chi connectivity index (χ3n) is 6.10. The number of hydrogen-bond donors (Lipinski definition) is 2. The van der Waals surface area contributed by atoms with Crippen LogP contribution in [0.25, 0.3) is 11.0 Å². The van der Waals surface area contributed by atoms with Crippen molar-refractivity contribution in [2.24, 2.45) is 0 Å². The molecule has 1 aliphatic carbocycles. The molecule has 2 aromatic carbocycles. The first kappa shape index (κ1) is 23.0. The number of carbonyl (C=O) groups is 1. The number of hydrogen-bond acceptors (Lipinski definition) is 6. The van der Waals surface area contributed by atoms with Gasteiger partial charge in [0.15, 0.2) is 11.5 Å². The van der Waals surface area contributed by atoms with Gasteiger partial charge in [0.2, 0.25) is 5.28 Å². The van der Waals surface area contributed by atoms with E-state index in [1.54, 1.807) is 18.3 Å². The Labute approximate surface area is 206 Å². The number of rotatable bonds is 6. The van der Waals surface area contributed by atoms with Crippen molar-refractivity contribution in [2.75, 3.05) is 5.32 Å². The molecule has 1 amide bonds.